The van der Waals surface area contributed by atoms with Crippen molar-refractivity contribution in [1.82, 2.24) is 0 Å². The Hall–Kier alpha value is -1.27. The molecule has 3 heteroatoms. The molecule has 1 unspecified atom stereocenters. The lowest BCUT2D eigenvalue weighted by Gasteiger charge is -2.16. The third-order valence-corrected chi connectivity index (χ3v) is 3.68. The molecule has 1 aliphatic heterocycles. The fourth-order valence-corrected chi connectivity index (χ4v) is 2.19. The molecule has 1 heterocycles. The van der Waals surface area contributed by atoms with E-state index in [1.54, 1.807) is 4.90 Å². The number of rotatable bonds is 1. The number of hydrogen-bond acceptors (Lipinski definition) is 1. The Balaban J connectivity index is 2.29. The van der Waals surface area contributed by atoms with E-state index in [-0.39, 0.29) is 11.8 Å². The van der Waals surface area contributed by atoms with E-state index in [4.69, 9.17) is 6.42 Å². The molecule has 0 bridgehead atoms. The highest BCUT2D eigenvalue weighted by atomic mass is 79.9. The van der Waals surface area contributed by atoms with Crippen molar-refractivity contribution in [3.63, 3.8) is 0 Å². The molecule has 0 N–H and O–H groups in total. The van der Waals surface area contributed by atoms with Crippen LogP contribution in [0.4, 0.5) is 5.69 Å². The molecule has 82 valence electrons. The van der Waals surface area contributed by atoms with Gasteiger partial charge in [0, 0.05) is 29.0 Å². The number of aryl methyl sites for hydroxylation is 1. The SMILES string of the molecule is C#CC1CC(=O)N(c2ccc(C)c(Br)c2)C1. The molecule has 0 spiro atoms. The number of amides is 1. The third kappa shape index (κ3) is 1.98. The van der Waals surface area contributed by atoms with Crippen LogP contribution in [0.3, 0.4) is 0 Å². The first-order valence-electron chi connectivity index (χ1n) is 5.14. The Morgan fingerprint density at radius 2 is 2.31 bits per heavy atom. The van der Waals surface area contributed by atoms with Crippen molar-refractivity contribution in [2.24, 2.45) is 5.92 Å². The molecule has 1 atom stereocenters. The first kappa shape index (κ1) is 11.2. The first-order chi connectivity index (χ1) is 7.61. The lowest BCUT2D eigenvalue weighted by Crippen LogP contribution is -2.24. The van der Waals surface area contributed by atoms with Crippen LogP contribution in [-0.2, 0) is 4.79 Å². The predicted molar refractivity (Wildman–Crippen MR) is 68.2 cm³/mol. The Morgan fingerprint density at radius 1 is 1.56 bits per heavy atom. The quantitative estimate of drug-likeness (QED) is 0.723. The molecule has 1 amide bonds. The van der Waals surface area contributed by atoms with E-state index in [2.05, 4.69) is 21.9 Å². The molecule has 1 aromatic rings. The van der Waals surface area contributed by atoms with Crippen molar-refractivity contribution in [2.45, 2.75) is 13.3 Å². The van der Waals surface area contributed by atoms with Gasteiger partial charge in [-0.05, 0) is 24.6 Å². The zero-order valence-electron chi connectivity index (χ0n) is 9.03. The smallest absolute Gasteiger partial charge is 0.228 e. The van der Waals surface area contributed by atoms with Crippen molar-refractivity contribution in [1.29, 1.82) is 0 Å². The van der Waals surface area contributed by atoms with Gasteiger partial charge in [-0.3, -0.25) is 4.79 Å². The number of hydrogen-bond donors (Lipinski definition) is 0. The molecule has 0 saturated carbocycles. The summed E-state index contributed by atoms with van der Waals surface area (Å²) in [6.45, 7) is 2.65. The zero-order valence-corrected chi connectivity index (χ0v) is 10.6. The lowest BCUT2D eigenvalue weighted by molar-refractivity contribution is -0.117. The van der Waals surface area contributed by atoms with Gasteiger partial charge in [0.15, 0.2) is 0 Å². The molecule has 2 nitrogen and oxygen atoms in total. The molecule has 1 fully saturated rings. The van der Waals surface area contributed by atoms with Gasteiger partial charge >= 0.3 is 0 Å². The second-order valence-electron chi connectivity index (χ2n) is 4.01. The number of benzene rings is 1. The largest absolute Gasteiger partial charge is 0.311 e. The second-order valence-corrected chi connectivity index (χ2v) is 4.86. The van der Waals surface area contributed by atoms with Crippen LogP contribution < -0.4 is 4.90 Å². The Morgan fingerprint density at radius 3 is 2.88 bits per heavy atom. The fourth-order valence-electron chi connectivity index (χ4n) is 1.82. The van der Waals surface area contributed by atoms with Gasteiger partial charge < -0.3 is 4.90 Å². The first-order valence-corrected chi connectivity index (χ1v) is 5.93. The van der Waals surface area contributed by atoms with Gasteiger partial charge in [0.25, 0.3) is 0 Å². The van der Waals surface area contributed by atoms with E-state index >= 15 is 0 Å². The van der Waals surface area contributed by atoms with Crippen LogP contribution in [-0.4, -0.2) is 12.5 Å². The topological polar surface area (TPSA) is 20.3 Å². The maximum absolute atomic E-state index is 11.8. The minimum Gasteiger partial charge on any atom is -0.311 e. The molecule has 0 radical (unpaired) electrons. The number of carbonyl (C=O) groups excluding carboxylic acids is 1. The monoisotopic (exact) mass is 277 g/mol. The van der Waals surface area contributed by atoms with E-state index in [9.17, 15) is 4.79 Å². The minimum absolute atomic E-state index is 0.0487. The minimum atomic E-state index is 0.0487. The highest BCUT2D eigenvalue weighted by Gasteiger charge is 2.29. The van der Waals surface area contributed by atoms with Gasteiger partial charge in [-0.15, -0.1) is 12.3 Å². The third-order valence-electron chi connectivity index (χ3n) is 2.83. The molecule has 16 heavy (non-hydrogen) atoms. The second kappa shape index (κ2) is 4.31. The van der Waals surface area contributed by atoms with Crippen LogP contribution >= 0.6 is 15.9 Å². The summed E-state index contributed by atoms with van der Waals surface area (Å²) in [7, 11) is 0. The summed E-state index contributed by atoms with van der Waals surface area (Å²) >= 11 is 3.47. The molecule has 1 saturated heterocycles. The van der Waals surface area contributed by atoms with E-state index in [0.717, 1.165) is 15.7 Å². The van der Waals surface area contributed by atoms with E-state index < -0.39 is 0 Å². The molecule has 1 aromatic carbocycles. The number of carbonyl (C=O) groups is 1. The number of nitrogens with zero attached hydrogens (tertiary/aromatic N) is 1. The van der Waals surface area contributed by atoms with Gasteiger partial charge in [0.05, 0.1) is 0 Å². The van der Waals surface area contributed by atoms with E-state index in [0.29, 0.717) is 13.0 Å². The molecule has 0 aliphatic carbocycles. The van der Waals surface area contributed by atoms with E-state index in [1.807, 2.05) is 25.1 Å². The number of anilines is 1. The van der Waals surface area contributed by atoms with Crippen molar-refractivity contribution in [3.05, 3.63) is 28.2 Å². The van der Waals surface area contributed by atoms with Gasteiger partial charge in [-0.1, -0.05) is 22.0 Å². The van der Waals surface area contributed by atoms with Crippen LogP contribution in [0.1, 0.15) is 12.0 Å². The van der Waals surface area contributed by atoms with Gasteiger partial charge in [-0.2, -0.15) is 0 Å². The van der Waals surface area contributed by atoms with Gasteiger partial charge in [-0.25, -0.2) is 0 Å². The Bertz CT molecular complexity index is 475. The van der Waals surface area contributed by atoms with Crippen LogP contribution in [0.5, 0.6) is 0 Å². The number of terminal acetylenes is 1. The summed E-state index contributed by atoms with van der Waals surface area (Å²) in [6, 6.07) is 5.92. The molecule has 1 aliphatic rings. The zero-order chi connectivity index (χ0) is 11.7. The van der Waals surface area contributed by atoms with Crippen LogP contribution in [0, 0.1) is 25.2 Å². The average molecular weight is 278 g/mol. The maximum atomic E-state index is 11.8. The summed E-state index contributed by atoms with van der Waals surface area (Å²) in [5.41, 5.74) is 2.07. The summed E-state index contributed by atoms with van der Waals surface area (Å²) in [6.07, 6.45) is 5.81. The normalized spacial score (nSPS) is 19.9. The molecule has 2 rings (SSSR count). The van der Waals surface area contributed by atoms with Crippen molar-refractivity contribution >= 4 is 27.5 Å². The Kier molecular flexibility index (Phi) is 3.02. The Labute approximate surface area is 104 Å². The van der Waals surface area contributed by atoms with E-state index in [1.165, 1.54) is 0 Å². The van der Waals surface area contributed by atoms with Crippen molar-refractivity contribution < 1.29 is 4.79 Å². The molecular weight excluding hydrogens is 266 g/mol. The summed E-state index contributed by atoms with van der Waals surface area (Å²) in [5, 5.41) is 0. The summed E-state index contributed by atoms with van der Waals surface area (Å²) in [4.78, 5) is 13.5. The molecular formula is C13H12BrNO. The van der Waals surface area contributed by atoms with Crippen LogP contribution in [0.15, 0.2) is 22.7 Å². The predicted octanol–water partition coefficient (Wildman–Crippen LogP) is 2.74. The van der Waals surface area contributed by atoms with Crippen LogP contribution in [0.2, 0.25) is 0 Å². The standard InChI is InChI=1S/C13H12BrNO/c1-3-10-6-13(16)15(8-10)11-5-4-9(2)12(14)7-11/h1,4-5,7,10H,6,8H2,2H3. The van der Waals surface area contributed by atoms with Crippen molar-refractivity contribution in [2.75, 3.05) is 11.4 Å². The highest BCUT2D eigenvalue weighted by molar-refractivity contribution is 9.10. The lowest BCUT2D eigenvalue weighted by atomic mass is 10.1. The van der Waals surface area contributed by atoms with Crippen molar-refractivity contribution in [3.8, 4) is 12.3 Å². The highest BCUT2D eigenvalue weighted by Crippen LogP contribution is 2.28. The summed E-state index contributed by atoms with van der Waals surface area (Å²) < 4.78 is 1.02. The number of halogens is 1. The average Bonchev–Trinajstić information content (AvgIpc) is 2.64. The summed E-state index contributed by atoms with van der Waals surface area (Å²) in [5.74, 6) is 2.80. The van der Waals surface area contributed by atoms with Gasteiger partial charge in [0.2, 0.25) is 5.91 Å². The fraction of sp³-hybridized carbons (Fsp3) is 0.308. The maximum Gasteiger partial charge on any atom is 0.228 e. The van der Waals surface area contributed by atoms with Crippen LogP contribution in [0.25, 0.3) is 0 Å². The molecule has 0 aromatic heterocycles. The van der Waals surface area contributed by atoms with Gasteiger partial charge in [0.1, 0.15) is 0 Å².